The lowest BCUT2D eigenvalue weighted by atomic mass is 9.82. The van der Waals surface area contributed by atoms with E-state index in [0.717, 1.165) is 31.2 Å². The minimum atomic E-state index is -0.239. The molecule has 1 aromatic rings. The first kappa shape index (κ1) is 15.3. The minimum Gasteiger partial charge on any atom is -0.490 e. The molecular weight excluding hydrogens is 255 g/mol. The maximum absolute atomic E-state index is 14.0. The zero-order chi connectivity index (χ0) is 14.5. The molecule has 0 atom stereocenters. The largest absolute Gasteiger partial charge is 0.490 e. The lowest BCUT2D eigenvalue weighted by Gasteiger charge is -2.28. The standard InChI is InChI=1S/C17H25FO2/c1-12(2)11-20-17-9-6-14(10-16(17)18)13-4-7-15(19-3)8-5-13/h6,9-10,12-13,15H,4-5,7-8,11H2,1-3H3. The summed E-state index contributed by atoms with van der Waals surface area (Å²) >= 11 is 0. The van der Waals surface area contributed by atoms with Crippen LogP contribution in [-0.4, -0.2) is 19.8 Å². The van der Waals surface area contributed by atoms with Crippen molar-refractivity contribution < 1.29 is 13.9 Å². The van der Waals surface area contributed by atoms with Gasteiger partial charge in [0.25, 0.3) is 0 Å². The Morgan fingerprint density at radius 3 is 2.45 bits per heavy atom. The van der Waals surface area contributed by atoms with Crippen molar-refractivity contribution >= 4 is 0 Å². The van der Waals surface area contributed by atoms with E-state index in [4.69, 9.17) is 9.47 Å². The Hall–Kier alpha value is -1.09. The molecule has 1 aliphatic rings. The van der Waals surface area contributed by atoms with Gasteiger partial charge in [-0.3, -0.25) is 0 Å². The molecular formula is C17H25FO2. The summed E-state index contributed by atoms with van der Waals surface area (Å²) in [5.74, 6) is 0.985. The maximum Gasteiger partial charge on any atom is 0.165 e. The minimum absolute atomic E-state index is 0.239. The van der Waals surface area contributed by atoms with Gasteiger partial charge >= 0.3 is 0 Å². The second-order valence-corrected chi connectivity index (χ2v) is 6.10. The molecule has 2 rings (SSSR count). The molecule has 0 spiro atoms. The Balaban J connectivity index is 1.98. The van der Waals surface area contributed by atoms with Gasteiger partial charge in [-0.05, 0) is 55.2 Å². The molecule has 0 saturated heterocycles. The summed E-state index contributed by atoms with van der Waals surface area (Å²) in [5, 5.41) is 0. The third-order valence-corrected chi connectivity index (χ3v) is 4.01. The van der Waals surface area contributed by atoms with Crippen molar-refractivity contribution in [3.05, 3.63) is 29.6 Å². The molecule has 0 aliphatic heterocycles. The highest BCUT2D eigenvalue weighted by Gasteiger charge is 2.22. The van der Waals surface area contributed by atoms with Crippen LogP contribution in [0.1, 0.15) is 51.0 Å². The van der Waals surface area contributed by atoms with Crippen molar-refractivity contribution in [3.63, 3.8) is 0 Å². The fourth-order valence-corrected chi connectivity index (χ4v) is 2.78. The van der Waals surface area contributed by atoms with Crippen LogP contribution in [0.2, 0.25) is 0 Å². The normalized spacial score (nSPS) is 23.1. The van der Waals surface area contributed by atoms with E-state index >= 15 is 0 Å². The molecule has 0 aromatic heterocycles. The average molecular weight is 280 g/mol. The Morgan fingerprint density at radius 2 is 1.90 bits per heavy atom. The van der Waals surface area contributed by atoms with Gasteiger partial charge in [-0.25, -0.2) is 4.39 Å². The van der Waals surface area contributed by atoms with Gasteiger partial charge in [0.05, 0.1) is 12.7 Å². The molecule has 3 heteroatoms. The highest BCUT2D eigenvalue weighted by Crippen LogP contribution is 2.35. The van der Waals surface area contributed by atoms with E-state index < -0.39 is 0 Å². The van der Waals surface area contributed by atoms with Gasteiger partial charge in [-0.1, -0.05) is 19.9 Å². The highest BCUT2D eigenvalue weighted by molar-refractivity contribution is 5.31. The molecule has 1 fully saturated rings. The number of rotatable bonds is 5. The van der Waals surface area contributed by atoms with Crippen molar-refractivity contribution in [2.45, 2.75) is 51.6 Å². The fourth-order valence-electron chi connectivity index (χ4n) is 2.78. The third kappa shape index (κ3) is 3.95. The van der Waals surface area contributed by atoms with Crippen LogP contribution in [0, 0.1) is 11.7 Å². The van der Waals surface area contributed by atoms with Crippen molar-refractivity contribution in [2.75, 3.05) is 13.7 Å². The van der Waals surface area contributed by atoms with Crippen molar-refractivity contribution in [3.8, 4) is 5.75 Å². The molecule has 0 bridgehead atoms. The molecule has 20 heavy (non-hydrogen) atoms. The first-order valence-electron chi connectivity index (χ1n) is 7.55. The number of halogens is 1. The molecule has 1 aliphatic carbocycles. The van der Waals surface area contributed by atoms with Crippen LogP contribution in [0.3, 0.4) is 0 Å². The van der Waals surface area contributed by atoms with Crippen LogP contribution in [0.15, 0.2) is 18.2 Å². The van der Waals surface area contributed by atoms with E-state index in [0.29, 0.717) is 30.3 Å². The Kier molecular flexibility index (Phi) is 5.41. The monoisotopic (exact) mass is 280 g/mol. The van der Waals surface area contributed by atoms with Crippen molar-refractivity contribution in [1.29, 1.82) is 0 Å². The van der Waals surface area contributed by atoms with Crippen LogP contribution in [0.5, 0.6) is 5.75 Å². The topological polar surface area (TPSA) is 18.5 Å². The average Bonchev–Trinajstić information content (AvgIpc) is 2.46. The second kappa shape index (κ2) is 7.07. The van der Waals surface area contributed by atoms with Gasteiger partial charge in [-0.15, -0.1) is 0 Å². The molecule has 0 heterocycles. The zero-order valence-electron chi connectivity index (χ0n) is 12.7. The molecule has 1 saturated carbocycles. The van der Waals surface area contributed by atoms with Gasteiger partial charge in [0, 0.05) is 7.11 Å². The number of hydrogen-bond donors (Lipinski definition) is 0. The fraction of sp³-hybridized carbons (Fsp3) is 0.647. The summed E-state index contributed by atoms with van der Waals surface area (Å²) in [4.78, 5) is 0. The Bertz CT molecular complexity index is 423. The van der Waals surface area contributed by atoms with Gasteiger partial charge in [0.2, 0.25) is 0 Å². The number of hydrogen-bond acceptors (Lipinski definition) is 2. The number of benzene rings is 1. The summed E-state index contributed by atoms with van der Waals surface area (Å²) in [5.41, 5.74) is 1.09. The molecule has 2 nitrogen and oxygen atoms in total. The predicted molar refractivity (Wildman–Crippen MR) is 78.7 cm³/mol. The summed E-state index contributed by atoms with van der Waals surface area (Å²) in [6.45, 7) is 4.66. The number of methoxy groups -OCH3 is 1. The Morgan fingerprint density at radius 1 is 1.20 bits per heavy atom. The second-order valence-electron chi connectivity index (χ2n) is 6.10. The third-order valence-electron chi connectivity index (χ3n) is 4.01. The molecule has 0 unspecified atom stereocenters. The van der Waals surface area contributed by atoms with Gasteiger partial charge < -0.3 is 9.47 Å². The summed E-state index contributed by atoms with van der Waals surface area (Å²) in [6.07, 6.45) is 4.65. The van der Waals surface area contributed by atoms with Crippen LogP contribution in [0.25, 0.3) is 0 Å². The van der Waals surface area contributed by atoms with E-state index in [1.165, 1.54) is 0 Å². The van der Waals surface area contributed by atoms with Crippen LogP contribution in [-0.2, 0) is 4.74 Å². The SMILES string of the molecule is COC1CCC(c2ccc(OCC(C)C)c(F)c2)CC1. The first-order chi connectivity index (χ1) is 9.60. The van der Waals surface area contributed by atoms with Crippen LogP contribution < -0.4 is 4.74 Å². The van der Waals surface area contributed by atoms with E-state index in [2.05, 4.69) is 13.8 Å². The quantitative estimate of drug-likeness (QED) is 0.788. The highest BCUT2D eigenvalue weighted by atomic mass is 19.1. The smallest absolute Gasteiger partial charge is 0.165 e. The van der Waals surface area contributed by atoms with Gasteiger partial charge in [0.15, 0.2) is 11.6 Å². The molecule has 112 valence electrons. The molecule has 0 N–H and O–H groups in total. The Labute approximate surface area is 121 Å². The van der Waals surface area contributed by atoms with E-state index in [-0.39, 0.29) is 5.82 Å². The summed E-state index contributed by atoms with van der Waals surface area (Å²) < 4.78 is 24.9. The van der Waals surface area contributed by atoms with Gasteiger partial charge in [0.1, 0.15) is 0 Å². The molecule has 0 radical (unpaired) electrons. The molecule has 1 aromatic carbocycles. The van der Waals surface area contributed by atoms with Gasteiger partial charge in [-0.2, -0.15) is 0 Å². The van der Waals surface area contributed by atoms with E-state index in [9.17, 15) is 4.39 Å². The first-order valence-corrected chi connectivity index (χ1v) is 7.55. The lowest BCUT2D eigenvalue weighted by molar-refractivity contribution is 0.0658. The summed E-state index contributed by atoms with van der Waals surface area (Å²) in [6, 6.07) is 5.43. The zero-order valence-corrected chi connectivity index (χ0v) is 12.7. The van der Waals surface area contributed by atoms with Crippen molar-refractivity contribution in [1.82, 2.24) is 0 Å². The molecule has 0 amide bonds. The van der Waals surface area contributed by atoms with Crippen molar-refractivity contribution in [2.24, 2.45) is 5.92 Å². The maximum atomic E-state index is 14.0. The summed E-state index contributed by atoms with van der Waals surface area (Å²) in [7, 11) is 1.77. The predicted octanol–water partition coefficient (Wildman–Crippen LogP) is 4.53. The van der Waals surface area contributed by atoms with E-state index in [1.807, 2.05) is 6.07 Å². The van der Waals surface area contributed by atoms with Crippen LogP contribution in [0.4, 0.5) is 4.39 Å². The van der Waals surface area contributed by atoms with E-state index in [1.54, 1.807) is 19.2 Å². The lowest BCUT2D eigenvalue weighted by Crippen LogP contribution is -2.19. The van der Waals surface area contributed by atoms with Crippen LogP contribution >= 0.6 is 0 Å². The number of ether oxygens (including phenoxy) is 2.